The van der Waals surface area contributed by atoms with E-state index in [-0.39, 0.29) is 12.1 Å². The van der Waals surface area contributed by atoms with Crippen molar-refractivity contribution in [2.75, 3.05) is 19.0 Å². The fourth-order valence-corrected chi connectivity index (χ4v) is 2.38. The van der Waals surface area contributed by atoms with Gasteiger partial charge in [0.15, 0.2) is 0 Å². The van der Waals surface area contributed by atoms with Crippen molar-refractivity contribution in [2.24, 2.45) is 0 Å². The van der Waals surface area contributed by atoms with Gasteiger partial charge in [0.1, 0.15) is 0 Å². The number of imidazole rings is 1. The standard InChI is InChI=1S/C15H20ClN3O/c1-11(10-20-3)18-15-17-7-8-19(15)12(2)13-5-4-6-14(16)9-13/h4-9,11-12H,10H2,1-3H3,(H,17,18). The van der Waals surface area contributed by atoms with Crippen LogP contribution in [-0.2, 0) is 4.74 Å². The molecule has 0 amide bonds. The molecule has 2 unspecified atom stereocenters. The molecule has 0 fully saturated rings. The lowest BCUT2D eigenvalue weighted by molar-refractivity contribution is 0.190. The van der Waals surface area contributed by atoms with Crippen molar-refractivity contribution in [1.82, 2.24) is 9.55 Å². The predicted octanol–water partition coefficient (Wildman–Crippen LogP) is 3.59. The summed E-state index contributed by atoms with van der Waals surface area (Å²) in [6, 6.07) is 8.26. The van der Waals surface area contributed by atoms with E-state index in [2.05, 4.69) is 34.8 Å². The van der Waals surface area contributed by atoms with Crippen molar-refractivity contribution in [1.29, 1.82) is 0 Å². The molecule has 0 saturated heterocycles. The summed E-state index contributed by atoms with van der Waals surface area (Å²) in [6.07, 6.45) is 3.76. The summed E-state index contributed by atoms with van der Waals surface area (Å²) < 4.78 is 7.23. The maximum absolute atomic E-state index is 6.06. The molecular weight excluding hydrogens is 274 g/mol. The van der Waals surface area contributed by atoms with Crippen molar-refractivity contribution in [3.63, 3.8) is 0 Å². The van der Waals surface area contributed by atoms with Gasteiger partial charge in [-0.05, 0) is 31.5 Å². The highest BCUT2D eigenvalue weighted by molar-refractivity contribution is 6.30. The van der Waals surface area contributed by atoms with Crippen LogP contribution in [0.1, 0.15) is 25.5 Å². The Labute approximate surface area is 124 Å². The molecule has 108 valence electrons. The van der Waals surface area contributed by atoms with Crippen molar-refractivity contribution in [3.05, 3.63) is 47.2 Å². The van der Waals surface area contributed by atoms with Crippen molar-refractivity contribution >= 4 is 17.5 Å². The van der Waals surface area contributed by atoms with Gasteiger partial charge in [0, 0.05) is 30.6 Å². The maximum Gasteiger partial charge on any atom is 0.203 e. The number of benzene rings is 1. The largest absolute Gasteiger partial charge is 0.383 e. The average molecular weight is 294 g/mol. The molecular formula is C15H20ClN3O. The summed E-state index contributed by atoms with van der Waals surface area (Å²) >= 11 is 6.06. The molecule has 4 nitrogen and oxygen atoms in total. The number of nitrogens with zero attached hydrogens (tertiary/aromatic N) is 2. The minimum Gasteiger partial charge on any atom is -0.383 e. The molecule has 2 rings (SSSR count). The second-order valence-corrected chi connectivity index (χ2v) is 5.33. The number of hydrogen-bond acceptors (Lipinski definition) is 3. The van der Waals surface area contributed by atoms with Crippen LogP contribution < -0.4 is 5.32 Å². The quantitative estimate of drug-likeness (QED) is 0.884. The SMILES string of the molecule is COCC(C)Nc1nccn1C(C)c1cccc(Cl)c1. The summed E-state index contributed by atoms with van der Waals surface area (Å²) in [7, 11) is 1.69. The van der Waals surface area contributed by atoms with Gasteiger partial charge in [-0.25, -0.2) is 4.98 Å². The Morgan fingerprint density at radius 2 is 2.20 bits per heavy atom. The van der Waals surface area contributed by atoms with Crippen LogP contribution in [0, 0.1) is 0 Å². The molecule has 20 heavy (non-hydrogen) atoms. The zero-order valence-corrected chi connectivity index (χ0v) is 12.8. The van der Waals surface area contributed by atoms with E-state index in [1.54, 1.807) is 13.3 Å². The Morgan fingerprint density at radius 1 is 1.40 bits per heavy atom. The predicted molar refractivity (Wildman–Crippen MR) is 82.5 cm³/mol. The van der Waals surface area contributed by atoms with Gasteiger partial charge in [-0.2, -0.15) is 0 Å². The molecule has 1 aromatic heterocycles. The van der Waals surface area contributed by atoms with Gasteiger partial charge in [-0.3, -0.25) is 0 Å². The number of nitrogens with one attached hydrogen (secondary N) is 1. The zero-order valence-electron chi connectivity index (χ0n) is 12.0. The molecule has 1 N–H and O–H groups in total. The number of ether oxygens (including phenoxy) is 1. The van der Waals surface area contributed by atoms with E-state index >= 15 is 0 Å². The monoisotopic (exact) mass is 293 g/mol. The molecule has 2 atom stereocenters. The lowest BCUT2D eigenvalue weighted by Crippen LogP contribution is -2.24. The van der Waals surface area contributed by atoms with Crippen LogP contribution >= 0.6 is 11.6 Å². The highest BCUT2D eigenvalue weighted by Gasteiger charge is 2.13. The number of anilines is 1. The summed E-state index contributed by atoms with van der Waals surface area (Å²) in [5, 5.41) is 4.10. The third-order valence-electron chi connectivity index (χ3n) is 3.21. The van der Waals surface area contributed by atoms with Crippen molar-refractivity contribution < 1.29 is 4.74 Å². The van der Waals surface area contributed by atoms with Gasteiger partial charge < -0.3 is 14.6 Å². The van der Waals surface area contributed by atoms with E-state index in [1.165, 1.54) is 0 Å². The van der Waals surface area contributed by atoms with E-state index in [0.29, 0.717) is 6.61 Å². The molecule has 2 aromatic rings. The lowest BCUT2D eigenvalue weighted by Gasteiger charge is -2.20. The van der Waals surface area contributed by atoms with Crippen LogP contribution in [0.3, 0.4) is 0 Å². The van der Waals surface area contributed by atoms with E-state index in [9.17, 15) is 0 Å². The van der Waals surface area contributed by atoms with Crippen LogP contribution in [0.5, 0.6) is 0 Å². The first kappa shape index (κ1) is 14.9. The lowest BCUT2D eigenvalue weighted by atomic mass is 10.1. The Hall–Kier alpha value is -1.52. The zero-order chi connectivity index (χ0) is 14.5. The van der Waals surface area contributed by atoms with Gasteiger partial charge >= 0.3 is 0 Å². The van der Waals surface area contributed by atoms with E-state index in [1.807, 2.05) is 24.4 Å². The smallest absolute Gasteiger partial charge is 0.203 e. The third kappa shape index (κ3) is 3.52. The Kier molecular flexibility index (Phi) is 5.04. The second-order valence-electron chi connectivity index (χ2n) is 4.89. The minimum atomic E-state index is 0.161. The molecule has 0 radical (unpaired) electrons. The molecule has 5 heteroatoms. The topological polar surface area (TPSA) is 39.1 Å². The Bertz CT molecular complexity index is 556. The number of halogens is 1. The maximum atomic E-state index is 6.06. The van der Waals surface area contributed by atoms with Crippen LogP contribution in [-0.4, -0.2) is 29.3 Å². The van der Waals surface area contributed by atoms with Gasteiger partial charge in [0.05, 0.1) is 12.6 Å². The summed E-state index contributed by atoms with van der Waals surface area (Å²) in [5.41, 5.74) is 1.15. The number of methoxy groups -OCH3 is 1. The van der Waals surface area contributed by atoms with Crippen molar-refractivity contribution in [2.45, 2.75) is 25.9 Å². The first-order valence-corrected chi connectivity index (χ1v) is 7.03. The first-order chi connectivity index (χ1) is 9.61. The average Bonchev–Trinajstić information content (AvgIpc) is 2.86. The molecule has 0 spiro atoms. The summed E-state index contributed by atoms with van der Waals surface area (Å²) in [6.45, 7) is 4.82. The Morgan fingerprint density at radius 3 is 2.90 bits per heavy atom. The van der Waals surface area contributed by atoms with Crippen LogP contribution in [0.4, 0.5) is 5.95 Å². The van der Waals surface area contributed by atoms with Gasteiger partial charge in [-0.15, -0.1) is 0 Å². The second kappa shape index (κ2) is 6.77. The Balaban J connectivity index is 2.18. The molecule has 0 saturated carbocycles. The van der Waals surface area contributed by atoms with Crippen LogP contribution in [0.25, 0.3) is 0 Å². The number of aromatic nitrogens is 2. The van der Waals surface area contributed by atoms with E-state index < -0.39 is 0 Å². The molecule has 0 aliphatic heterocycles. The normalized spacial score (nSPS) is 14.0. The van der Waals surface area contributed by atoms with Crippen LogP contribution in [0.15, 0.2) is 36.7 Å². The van der Waals surface area contributed by atoms with Gasteiger partial charge in [-0.1, -0.05) is 23.7 Å². The molecule has 0 aliphatic carbocycles. The summed E-state index contributed by atoms with van der Waals surface area (Å²) in [5.74, 6) is 0.835. The van der Waals surface area contributed by atoms with E-state index in [4.69, 9.17) is 16.3 Å². The number of hydrogen-bond donors (Lipinski definition) is 1. The molecule has 1 aromatic carbocycles. The minimum absolute atomic E-state index is 0.161. The molecule has 0 aliphatic rings. The number of rotatable bonds is 6. The van der Waals surface area contributed by atoms with Gasteiger partial charge in [0.25, 0.3) is 0 Å². The fraction of sp³-hybridized carbons (Fsp3) is 0.400. The highest BCUT2D eigenvalue weighted by atomic mass is 35.5. The van der Waals surface area contributed by atoms with Gasteiger partial charge in [0.2, 0.25) is 5.95 Å². The fourth-order valence-electron chi connectivity index (χ4n) is 2.18. The summed E-state index contributed by atoms with van der Waals surface area (Å²) in [4.78, 5) is 4.37. The van der Waals surface area contributed by atoms with Crippen molar-refractivity contribution in [3.8, 4) is 0 Å². The molecule has 1 heterocycles. The van der Waals surface area contributed by atoms with Crippen LogP contribution in [0.2, 0.25) is 5.02 Å². The third-order valence-corrected chi connectivity index (χ3v) is 3.44. The first-order valence-electron chi connectivity index (χ1n) is 6.65. The van der Waals surface area contributed by atoms with E-state index in [0.717, 1.165) is 16.5 Å². The highest BCUT2D eigenvalue weighted by Crippen LogP contribution is 2.24. The molecule has 0 bridgehead atoms.